The molecule has 1 amide bonds. The number of pyridine rings is 1. The number of likely N-dealkylation sites (N-methyl/N-ethyl adjacent to an activating group) is 1. The Morgan fingerprint density at radius 2 is 1.90 bits per heavy atom. The average Bonchev–Trinajstić information content (AvgIpc) is 2.77. The second kappa shape index (κ2) is 9.41. The highest BCUT2D eigenvalue weighted by Gasteiger charge is 2.13. The number of rotatable bonds is 7. The Morgan fingerprint density at radius 1 is 1.10 bits per heavy atom. The highest BCUT2D eigenvalue weighted by molar-refractivity contribution is 6.03. The molecule has 0 unspecified atom stereocenters. The summed E-state index contributed by atoms with van der Waals surface area (Å²) < 4.78 is 4.70. The van der Waals surface area contributed by atoms with Gasteiger partial charge in [0.2, 0.25) is 5.95 Å². The molecule has 0 radical (unpaired) electrons. The summed E-state index contributed by atoms with van der Waals surface area (Å²) in [5, 5.41) is 2.74. The number of carbonyl (C=O) groups is 2. The SMILES string of the molecule is COC(=O)c1cccc(NC(=O)c2ccnc(N(C)CCc3ccncc3)n2)c1. The zero-order valence-corrected chi connectivity index (χ0v) is 16.2. The highest BCUT2D eigenvalue weighted by Crippen LogP contribution is 2.14. The summed E-state index contributed by atoms with van der Waals surface area (Å²) in [6.45, 7) is 0.691. The minimum atomic E-state index is -0.471. The number of aromatic nitrogens is 3. The molecule has 0 atom stereocenters. The third-order valence-corrected chi connectivity index (χ3v) is 4.24. The molecule has 0 saturated heterocycles. The molecule has 2 heterocycles. The number of methoxy groups -OCH3 is 1. The lowest BCUT2D eigenvalue weighted by Gasteiger charge is -2.17. The Bertz CT molecular complexity index is 994. The maximum Gasteiger partial charge on any atom is 0.337 e. The van der Waals surface area contributed by atoms with Gasteiger partial charge in [-0.3, -0.25) is 9.78 Å². The number of hydrogen-bond acceptors (Lipinski definition) is 7. The third-order valence-electron chi connectivity index (χ3n) is 4.24. The van der Waals surface area contributed by atoms with Crippen LogP contribution in [0.25, 0.3) is 0 Å². The largest absolute Gasteiger partial charge is 0.465 e. The van der Waals surface area contributed by atoms with Crippen molar-refractivity contribution in [1.29, 1.82) is 0 Å². The highest BCUT2D eigenvalue weighted by atomic mass is 16.5. The number of hydrogen-bond donors (Lipinski definition) is 1. The first-order valence-corrected chi connectivity index (χ1v) is 8.99. The van der Waals surface area contributed by atoms with Crippen LogP contribution < -0.4 is 10.2 Å². The predicted octanol–water partition coefficient (Wildman–Crippen LogP) is 2.59. The van der Waals surface area contributed by atoms with Gasteiger partial charge in [-0.15, -0.1) is 0 Å². The molecule has 0 bridgehead atoms. The molecule has 2 aromatic heterocycles. The van der Waals surface area contributed by atoms with E-state index in [4.69, 9.17) is 4.74 Å². The number of anilines is 2. The summed E-state index contributed by atoms with van der Waals surface area (Å²) in [5.41, 5.74) is 2.22. The monoisotopic (exact) mass is 391 g/mol. The molecular formula is C21H21N5O3. The summed E-state index contributed by atoms with van der Waals surface area (Å²) in [4.78, 5) is 38.7. The predicted molar refractivity (Wildman–Crippen MR) is 109 cm³/mol. The van der Waals surface area contributed by atoms with Crippen LogP contribution in [0.15, 0.2) is 61.1 Å². The van der Waals surface area contributed by atoms with E-state index in [-0.39, 0.29) is 5.69 Å². The number of nitrogens with zero attached hydrogens (tertiary/aromatic N) is 4. The van der Waals surface area contributed by atoms with Crippen molar-refractivity contribution >= 4 is 23.5 Å². The van der Waals surface area contributed by atoms with E-state index in [1.54, 1.807) is 48.9 Å². The fourth-order valence-corrected chi connectivity index (χ4v) is 2.64. The normalized spacial score (nSPS) is 10.3. The Hall–Kier alpha value is -3.81. The van der Waals surface area contributed by atoms with Crippen molar-refractivity contribution in [2.75, 3.05) is 30.9 Å². The van der Waals surface area contributed by atoms with Gasteiger partial charge in [0.15, 0.2) is 0 Å². The van der Waals surface area contributed by atoms with E-state index in [0.29, 0.717) is 23.7 Å². The quantitative estimate of drug-likeness (QED) is 0.618. The minimum Gasteiger partial charge on any atom is -0.465 e. The summed E-state index contributed by atoms with van der Waals surface area (Å²) in [6, 6.07) is 12.0. The van der Waals surface area contributed by atoms with Gasteiger partial charge in [-0.2, -0.15) is 0 Å². The fraction of sp³-hybridized carbons (Fsp3) is 0.190. The smallest absolute Gasteiger partial charge is 0.337 e. The minimum absolute atomic E-state index is 0.231. The van der Waals surface area contributed by atoms with Gasteiger partial charge >= 0.3 is 5.97 Å². The third kappa shape index (κ3) is 5.35. The molecule has 0 aliphatic carbocycles. The zero-order chi connectivity index (χ0) is 20.6. The summed E-state index contributed by atoms with van der Waals surface area (Å²) in [6.07, 6.45) is 5.86. The summed E-state index contributed by atoms with van der Waals surface area (Å²) in [7, 11) is 3.18. The lowest BCUT2D eigenvalue weighted by atomic mass is 10.2. The van der Waals surface area contributed by atoms with Crippen molar-refractivity contribution in [2.24, 2.45) is 0 Å². The Balaban J connectivity index is 1.67. The molecule has 1 N–H and O–H groups in total. The van der Waals surface area contributed by atoms with Crippen LogP contribution in [-0.4, -0.2) is 47.5 Å². The number of nitrogens with one attached hydrogen (secondary N) is 1. The van der Waals surface area contributed by atoms with Crippen LogP contribution in [0.4, 0.5) is 11.6 Å². The molecule has 29 heavy (non-hydrogen) atoms. The standard InChI is InChI=1S/C21H21N5O3/c1-26(13-9-15-6-10-22-11-7-15)21-23-12-8-18(25-21)19(27)24-17-5-3-4-16(14-17)20(28)29-2/h3-8,10-12,14H,9,13H2,1-2H3,(H,24,27). The molecule has 8 nitrogen and oxygen atoms in total. The lowest BCUT2D eigenvalue weighted by Crippen LogP contribution is -2.24. The maximum atomic E-state index is 12.6. The molecule has 0 aliphatic rings. The van der Waals surface area contributed by atoms with Crippen LogP contribution in [0, 0.1) is 0 Å². The van der Waals surface area contributed by atoms with Gasteiger partial charge < -0.3 is 15.0 Å². The van der Waals surface area contributed by atoms with Crippen LogP contribution in [0.2, 0.25) is 0 Å². The van der Waals surface area contributed by atoms with Gasteiger partial charge in [-0.05, 0) is 48.4 Å². The van der Waals surface area contributed by atoms with E-state index in [9.17, 15) is 9.59 Å². The van der Waals surface area contributed by atoms with Crippen molar-refractivity contribution in [1.82, 2.24) is 15.0 Å². The van der Waals surface area contributed by atoms with E-state index < -0.39 is 11.9 Å². The van der Waals surface area contributed by atoms with Crippen LogP contribution in [-0.2, 0) is 11.2 Å². The van der Waals surface area contributed by atoms with Gasteiger partial charge in [-0.25, -0.2) is 14.8 Å². The molecular weight excluding hydrogens is 370 g/mol. The van der Waals surface area contributed by atoms with E-state index in [1.165, 1.54) is 7.11 Å². The molecule has 3 aromatic rings. The molecule has 8 heteroatoms. The van der Waals surface area contributed by atoms with E-state index in [1.807, 2.05) is 24.1 Å². The maximum absolute atomic E-state index is 12.6. The van der Waals surface area contributed by atoms with Crippen LogP contribution in [0.5, 0.6) is 0 Å². The number of esters is 1. The van der Waals surface area contributed by atoms with Crippen LogP contribution in [0.3, 0.4) is 0 Å². The first kappa shape index (κ1) is 19.9. The molecule has 0 aliphatic heterocycles. The van der Waals surface area contributed by atoms with E-state index in [2.05, 4.69) is 20.3 Å². The Kier molecular flexibility index (Phi) is 6.47. The van der Waals surface area contributed by atoms with E-state index >= 15 is 0 Å². The lowest BCUT2D eigenvalue weighted by molar-refractivity contribution is 0.0600. The number of amides is 1. The molecule has 1 aromatic carbocycles. The molecule has 0 fully saturated rings. The van der Waals surface area contributed by atoms with Crippen molar-refractivity contribution < 1.29 is 14.3 Å². The topological polar surface area (TPSA) is 97.3 Å². The van der Waals surface area contributed by atoms with Crippen molar-refractivity contribution in [2.45, 2.75) is 6.42 Å². The number of carbonyl (C=O) groups excluding carboxylic acids is 2. The van der Waals surface area contributed by atoms with Crippen LogP contribution >= 0.6 is 0 Å². The van der Waals surface area contributed by atoms with Crippen molar-refractivity contribution in [3.05, 3.63) is 77.9 Å². The Labute approximate surface area is 168 Å². The first-order chi connectivity index (χ1) is 14.1. The Morgan fingerprint density at radius 3 is 2.66 bits per heavy atom. The summed E-state index contributed by atoms with van der Waals surface area (Å²) in [5.74, 6) is -0.408. The van der Waals surface area contributed by atoms with Crippen LogP contribution in [0.1, 0.15) is 26.4 Å². The first-order valence-electron chi connectivity index (χ1n) is 8.99. The number of benzene rings is 1. The fourth-order valence-electron chi connectivity index (χ4n) is 2.64. The van der Waals surface area contributed by atoms with Crippen molar-refractivity contribution in [3.8, 4) is 0 Å². The second-order valence-electron chi connectivity index (χ2n) is 6.30. The molecule has 148 valence electrons. The van der Waals surface area contributed by atoms with Crippen molar-refractivity contribution in [3.63, 3.8) is 0 Å². The van der Waals surface area contributed by atoms with Gasteiger partial charge in [-0.1, -0.05) is 6.07 Å². The van der Waals surface area contributed by atoms with Gasteiger partial charge in [0.1, 0.15) is 5.69 Å². The molecule has 3 rings (SSSR count). The molecule has 0 spiro atoms. The van der Waals surface area contributed by atoms with Gasteiger partial charge in [0, 0.05) is 37.9 Å². The van der Waals surface area contributed by atoms with Gasteiger partial charge in [0.05, 0.1) is 12.7 Å². The average molecular weight is 391 g/mol. The second-order valence-corrected chi connectivity index (χ2v) is 6.30. The number of ether oxygens (including phenoxy) is 1. The van der Waals surface area contributed by atoms with E-state index in [0.717, 1.165) is 12.0 Å². The zero-order valence-electron chi connectivity index (χ0n) is 16.2. The molecule has 0 saturated carbocycles. The van der Waals surface area contributed by atoms with Gasteiger partial charge in [0.25, 0.3) is 5.91 Å². The summed E-state index contributed by atoms with van der Waals surface area (Å²) >= 11 is 0.